The Balaban J connectivity index is 1.96. The molecule has 0 saturated heterocycles. The van der Waals surface area contributed by atoms with Crippen LogP contribution in [0.2, 0.25) is 0 Å². The van der Waals surface area contributed by atoms with E-state index in [0.717, 1.165) is 24.9 Å². The van der Waals surface area contributed by atoms with E-state index in [1.807, 2.05) is 0 Å². The van der Waals surface area contributed by atoms with Gasteiger partial charge in [0.05, 0.1) is 17.2 Å². The monoisotopic (exact) mass is 268 g/mol. The highest BCUT2D eigenvalue weighted by Gasteiger charge is 2.33. The highest BCUT2D eigenvalue weighted by Crippen LogP contribution is 2.34. The molecule has 1 aliphatic rings. The molecular weight excluding hydrogens is 253 g/mol. The maximum atomic E-state index is 12.6. The van der Waals surface area contributed by atoms with Crippen molar-refractivity contribution < 1.29 is 13.2 Å². The number of rotatable bonds is 5. The molecule has 1 N–H and O–H groups in total. The van der Waals surface area contributed by atoms with E-state index in [2.05, 4.69) is 5.32 Å². The summed E-state index contributed by atoms with van der Waals surface area (Å²) in [7, 11) is 0. The van der Waals surface area contributed by atoms with Crippen LogP contribution in [0.4, 0.5) is 18.9 Å². The molecule has 0 heterocycles. The standard InChI is InChI=1S/C14H15F3N2/c15-14(16,17)13-6-5-12(8-11(13)9-18)19-7-1-2-10-3-4-10/h5-6,8,10,19H,1-4,7H2. The summed E-state index contributed by atoms with van der Waals surface area (Å²) >= 11 is 0. The molecule has 1 aromatic rings. The van der Waals surface area contributed by atoms with Crippen LogP contribution >= 0.6 is 0 Å². The number of hydrogen-bond acceptors (Lipinski definition) is 2. The number of halogens is 3. The minimum absolute atomic E-state index is 0.334. The van der Waals surface area contributed by atoms with Gasteiger partial charge in [0, 0.05) is 12.2 Å². The number of nitrogens with zero attached hydrogens (tertiary/aromatic N) is 1. The molecule has 2 nitrogen and oxygen atoms in total. The Morgan fingerprint density at radius 1 is 1.32 bits per heavy atom. The lowest BCUT2D eigenvalue weighted by Crippen LogP contribution is -2.09. The molecule has 0 radical (unpaired) electrons. The number of nitriles is 1. The first-order chi connectivity index (χ1) is 9.00. The molecule has 0 bridgehead atoms. The molecule has 1 aliphatic carbocycles. The summed E-state index contributed by atoms with van der Waals surface area (Å²) in [6, 6.07) is 5.20. The molecule has 2 rings (SSSR count). The van der Waals surface area contributed by atoms with E-state index in [1.165, 1.54) is 31.4 Å². The van der Waals surface area contributed by atoms with Gasteiger partial charge in [0.1, 0.15) is 0 Å². The summed E-state index contributed by atoms with van der Waals surface area (Å²) < 4.78 is 37.8. The van der Waals surface area contributed by atoms with Gasteiger partial charge in [0.25, 0.3) is 0 Å². The van der Waals surface area contributed by atoms with Crippen molar-refractivity contribution in [1.82, 2.24) is 0 Å². The van der Waals surface area contributed by atoms with Crippen molar-refractivity contribution in [2.75, 3.05) is 11.9 Å². The van der Waals surface area contributed by atoms with Crippen molar-refractivity contribution in [3.05, 3.63) is 29.3 Å². The van der Waals surface area contributed by atoms with Crippen LogP contribution < -0.4 is 5.32 Å². The topological polar surface area (TPSA) is 35.8 Å². The quantitative estimate of drug-likeness (QED) is 0.813. The first-order valence-electron chi connectivity index (χ1n) is 6.36. The first kappa shape index (κ1) is 13.7. The Kier molecular flexibility index (Phi) is 3.98. The number of alkyl halides is 3. The number of anilines is 1. The summed E-state index contributed by atoms with van der Waals surface area (Å²) in [6.07, 6.45) is 0.305. The molecule has 1 aromatic carbocycles. The normalized spacial score (nSPS) is 15.1. The van der Waals surface area contributed by atoms with Crippen LogP contribution in [-0.2, 0) is 6.18 Å². The highest BCUT2D eigenvalue weighted by atomic mass is 19.4. The van der Waals surface area contributed by atoms with E-state index >= 15 is 0 Å². The molecule has 0 spiro atoms. The van der Waals surface area contributed by atoms with E-state index in [1.54, 1.807) is 6.07 Å². The van der Waals surface area contributed by atoms with Crippen LogP contribution in [0.15, 0.2) is 18.2 Å². The second kappa shape index (κ2) is 5.52. The van der Waals surface area contributed by atoms with Crippen LogP contribution in [0.5, 0.6) is 0 Å². The second-order valence-electron chi connectivity index (χ2n) is 4.88. The largest absolute Gasteiger partial charge is 0.417 e. The van der Waals surface area contributed by atoms with E-state index in [0.29, 0.717) is 5.69 Å². The summed E-state index contributed by atoms with van der Waals surface area (Å²) in [6.45, 7) is 0.729. The maximum Gasteiger partial charge on any atom is 0.417 e. The van der Waals surface area contributed by atoms with Gasteiger partial charge >= 0.3 is 6.18 Å². The van der Waals surface area contributed by atoms with Crippen molar-refractivity contribution >= 4 is 5.69 Å². The number of benzene rings is 1. The zero-order valence-electron chi connectivity index (χ0n) is 10.4. The molecule has 0 aromatic heterocycles. The third kappa shape index (κ3) is 3.88. The molecule has 0 unspecified atom stereocenters. The zero-order chi connectivity index (χ0) is 13.9. The molecule has 0 atom stereocenters. The minimum atomic E-state index is -4.48. The van der Waals surface area contributed by atoms with Gasteiger partial charge in [0.2, 0.25) is 0 Å². The Morgan fingerprint density at radius 2 is 2.05 bits per heavy atom. The Bertz CT molecular complexity index is 484. The van der Waals surface area contributed by atoms with Gasteiger partial charge in [-0.1, -0.05) is 12.8 Å². The van der Waals surface area contributed by atoms with Gasteiger partial charge in [-0.2, -0.15) is 18.4 Å². The van der Waals surface area contributed by atoms with Crippen LogP contribution in [0.1, 0.15) is 36.8 Å². The van der Waals surface area contributed by atoms with Crippen molar-refractivity contribution in [3.63, 3.8) is 0 Å². The Hall–Kier alpha value is -1.70. The SMILES string of the molecule is N#Cc1cc(NCCCC2CC2)ccc1C(F)(F)F. The molecule has 1 saturated carbocycles. The van der Waals surface area contributed by atoms with E-state index in [9.17, 15) is 13.2 Å². The molecule has 102 valence electrons. The van der Waals surface area contributed by atoms with Gasteiger partial charge in [-0.05, 0) is 37.0 Å². The third-order valence-corrected chi connectivity index (χ3v) is 3.26. The predicted molar refractivity (Wildman–Crippen MR) is 66.6 cm³/mol. The van der Waals surface area contributed by atoms with E-state index < -0.39 is 11.7 Å². The summed E-state index contributed by atoms with van der Waals surface area (Å²) in [5.41, 5.74) is -0.640. The minimum Gasteiger partial charge on any atom is -0.385 e. The van der Waals surface area contributed by atoms with Crippen molar-refractivity contribution in [2.24, 2.45) is 5.92 Å². The van der Waals surface area contributed by atoms with Crippen molar-refractivity contribution in [3.8, 4) is 6.07 Å². The fraction of sp³-hybridized carbons (Fsp3) is 0.500. The third-order valence-electron chi connectivity index (χ3n) is 3.26. The lowest BCUT2D eigenvalue weighted by Gasteiger charge is -2.11. The van der Waals surface area contributed by atoms with Gasteiger partial charge < -0.3 is 5.32 Å². The van der Waals surface area contributed by atoms with Gasteiger partial charge in [-0.25, -0.2) is 0 Å². The number of nitrogens with one attached hydrogen (secondary N) is 1. The molecule has 0 amide bonds. The van der Waals surface area contributed by atoms with Gasteiger partial charge in [-0.15, -0.1) is 0 Å². The number of hydrogen-bond donors (Lipinski definition) is 1. The molecule has 5 heteroatoms. The Labute approximate surface area is 110 Å². The van der Waals surface area contributed by atoms with Crippen LogP contribution in [0, 0.1) is 17.2 Å². The molecule has 1 fully saturated rings. The molecule has 19 heavy (non-hydrogen) atoms. The summed E-state index contributed by atoms with van der Waals surface area (Å²) in [5, 5.41) is 11.8. The fourth-order valence-corrected chi connectivity index (χ4v) is 2.02. The fourth-order valence-electron chi connectivity index (χ4n) is 2.02. The molecule has 0 aliphatic heterocycles. The van der Waals surface area contributed by atoms with Crippen LogP contribution in [0.3, 0.4) is 0 Å². The zero-order valence-corrected chi connectivity index (χ0v) is 10.4. The van der Waals surface area contributed by atoms with E-state index in [4.69, 9.17) is 5.26 Å². The van der Waals surface area contributed by atoms with Crippen molar-refractivity contribution in [2.45, 2.75) is 31.9 Å². The lowest BCUT2D eigenvalue weighted by atomic mass is 10.1. The average molecular weight is 268 g/mol. The maximum absolute atomic E-state index is 12.6. The smallest absolute Gasteiger partial charge is 0.385 e. The Morgan fingerprint density at radius 3 is 2.63 bits per heavy atom. The van der Waals surface area contributed by atoms with Crippen molar-refractivity contribution in [1.29, 1.82) is 5.26 Å². The summed E-state index contributed by atoms with van der Waals surface area (Å²) in [5.74, 6) is 0.851. The lowest BCUT2D eigenvalue weighted by molar-refractivity contribution is -0.137. The summed E-state index contributed by atoms with van der Waals surface area (Å²) in [4.78, 5) is 0. The van der Waals surface area contributed by atoms with Crippen LogP contribution in [-0.4, -0.2) is 6.54 Å². The predicted octanol–water partition coefficient (Wildman–Crippen LogP) is 4.18. The highest BCUT2D eigenvalue weighted by molar-refractivity contribution is 5.53. The second-order valence-corrected chi connectivity index (χ2v) is 4.88. The van der Waals surface area contributed by atoms with Gasteiger partial charge in [-0.3, -0.25) is 0 Å². The van der Waals surface area contributed by atoms with Crippen LogP contribution in [0.25, 0.3) is 0 Å². The molecular formula is C14H15F3N2. The average Bonchev–Trinajstić information content (AvgIpc) is 3.17. The van der Waals surface area contributed by atoms with E-state index in [-0.39, 0.29) is 5.56 Å². The first-order valence-corrected chi connectivity index (χ1v) is 6.36. The van der Waals surface area contributed by atoms with Gasteiger partial charge in [0.15, 0.2) is 0 Å².